The number of rotatable bonds is 6. The molecule has 5 rings (SSSR count). The summed E-state index contributed by atoms with van der Waals surface area (Å²) >= 11 is 12.7. The number of amides is 2. The van der Waals surface area contributed by atoms with Crippen molar-refractivity contribution in [3.63, 3.8) is 0 Å². The number of carbonyl (C=O) groups excluding carboxylic acids is 2. The summed E-state index contributed by atoms with van der Waals surface area (Å²) in [7, 11) is 0. The average Bonchev–Trinajstić information content (AvgIpc) is 3.27. The van der Waals surface area contributed by atoms with Crippen molar-refractivity contribution in [3.8, 4) is 17.1 Å². The minimum Gasteiger partial charge on any atom is -0.368 e. The highest BCUT2D eigenvalue weighted by Gasteiger charge is 2.32. The van der Waals surface area contributed by atoms with Gasteiger partial charge < -0.3 is 21.3 Å². The van der Waals surface area contributed by atoms with E-state index in [1.165, 1.54) is 6.33 Å². The van der Waals surface area contributed by atoms with Crippen molar-refractivity contribution >= 4 is 52.0 Å². The van der Waals surface area contributed by atoms with E-state index in [0.29, 0.717) is 58.0 Å². The minimum absolute atomic E-state index is 0.246. The van der Waals surface area contributed by atoms with Crippen molar-refractivity contribution in [2.75, 3.05) is 31.1 Å². The lowest BCUT2D eigenvalue weighted by molar-refractivity contribution is -0.125. The molecule has 2 amide bonds. The van der Waals surface area contributed by atoms with Gasteiger partial charge in [-0.15, -0.1) is 0 Å². The van der Waals surface area contributed by atoms with Crippen molar-refractivity contribution < 1.29 is 9.59 Å². The quantitative estimate of drug-likeness (QED) is 0.352. The van der Waals surface area contributed by atoms with Gasteiger partial charge in [-0.25, -0.2) is 15.0 Å². The molecule has 4 N–H and O–H groups in total. The second kappa shape index (κ2) is 10.1. The van der Waals surface area contributed by atoms with Crippen LogP contribution in [0.25, 0.3) is 28.2 Å². The predicted molar refractivity (Wildman–Crippen MR) is 138 cm³/mol. The van der Waals surface area contributed by atoms with Gasteiger partial charge in [0.05, 0.1) is 11.6 Å². The molecule has 4 aromatic rings. The summed E-state index contributed by atoms with van der Waals surface area (Å²) in [6, 6.07) is 14.1. The highest BCUT2D eigenvalue weighted by molar-refractivity contribution is 6.33. The summed E-state index contributed by atoms with van der Waals surface area (Å²) in [6.07, 6.45) is 1.45. The number of nitrogens with two attached hydrogens (primary N) is 1. The fraction of sp³-hybridized carbons (Fsp3) is 0.208. The van der Waals surface area contributed by atoms with Crippen LogP contribution in [0.4, 0.5) is 5.82 Å². The second-order valence-electron chi connectivity index (χ2n) is 8.19. The molecule has 1 saturated heterocycles. The third-order valence-corrected chi connectivity index (χ3v) is 6.46. The van der Waals surface area contributed by atoms with Crippen LogP contribution in [0.3, 0.4) is 0 Å². The molecule has 0 radical (unpaired) electrons. The monoisotopic (exact) mass is 524 g/mol. The Morgan fingerprint density at radius 2 is 1.89 bits per heavy atom. The zero-order valence-corrected chi connectivity index (χ0v) is 20.5. The zero-order chi connectivity index (χ0) is 25.2. The lowest BCUT2D eigenvalue weighted by Gasteiger charge is -2.35. The van der Waals surface area contributed by atoms with E-state index in [1.807, 2.05) is 39.8 Å². The first-order valence-electron chi connectivity index (χ1n) is 11.2. The number of imidazole rings is 1. The van der Waals surface area contributed by atoms with Crippen LogP contribution < -0.4 is 21.3 Å². The molecule has 184 valence electrons. The molecule has 3 heterocycles. The molecule has 2 aromatic heterocycles. The van der Waals surface area contributed by atoms with E-state index >= 15 is 0 Å². The first-order chi connectivity index (χ1) is 17.4. The predicted octanol–water partition coefficient (Wildman–Crippen LogP) is 2.17. The SMILES string of the molecule is NC(=O)CNC(=O)C1CNCCN1c1ncnc2c1nc(-c1ccccc1Cl)n2-c1ccc(Cl)cc1. The Morgan fingerprint density at radius 1 is 1.11 bits per heavy atom. The molecule has 2 aromatic carbocycles. The van der Waals surface area contributed by atoms with Gasteiger partial charge in [-0.1, -0.05) is 35.3 Å². The summed E-state index contributed by atoms with van der Waals surface area (Å²) in [5, 5.41) is 6.93. The molecular weight excluding hydrogens is 503 g/mol. The Labute approximate surface area is 216 Å². The topological polar surface area (TPSA) is 131 Å². The Kier molecular flexibility index (Phi) is 6.73. The number of carbonyl (C=O) groups is 2. The molecular formula is C24H22Cl2N8O2. The molecule has 0 saturated carbocycles. The molecule has 12 heteroatoms. The van der Waals surface area contributed by atoms with Gasteiger partial charge in [0.15, 0.2) is 17.0 Å². The summed E-state index contributed by atoms with van der Waals surface area (Å²) in [5.74, 6) is 0.122. The number of benzene rings is 2. The van der Waals surface area contributed by atoms with Gasteiger partial charge in [-0.05, 0) is 36.4 Å². The lowest BCUT2D eigenvalue weighted by atomic mass is 10.1. The molecule has 1 aliphatic heterocycles. The van der Waals surface area contributed by atoms with E-state index < -0.39 is 11.9 Å². The standard InChI is InChI=1S/C24H22Cl2N8O2/c25-14-5-7-15(8-6-14)34-21(16-3-1-2-4-17(16)26)32-20-22(30-13-31-23(20)34)33-10-9-28-11-18(33)24(36)29-12-19(27)35/h1-8,13,18,28H,9-12H2,(H2,27,35)(H,29,36). The Bertz CT molecular complexity index is 1440. The van der Waals surface area contributed by atoms with Crippen molar-refractivity contribution in [2.45, 2.75) is 6.04 Å². The van der Waals surface area contributed by atoms with E-state index in [0.717, 1.165) is 5.69 Å². The highest BCUT2D eigenvalue weighted by atomic mass is 35.5. The molecule has 0 aliphatic carbocycles. The van der Waals surface area contributed by atoms with Crippen molar-refractivity contribution in [1.82, 2.24) is 30.2 Å². The number of fused-ring (bicyclic) bond motifs is 1. The molecule has 1 fully saturated rings. The molecule has 1 aliphatic rings. The Morgan fingerprint density at radius 3 is 2.64 bits per heavy atom. The molecule has 10 nitrogen and oxygen atoms in total. The number of aromatic nitrogens is 4. The van der Waals surface area contributed by atoms with E-state index in [9.17, 15) is 9.59 Å². The zero-order valence-electron chi connectivity index (χ0n) is 19.0. The van der Waals surface area contributed by atoms with Gasteiger partial charge in [0.2, 0.25) is 11.8 Å². The van der Waals surface area contributed by atoms with Crippen LogP contribution in [0.5, 0.6) is 0 Å². The third-order valence-electron chi connectivity index (χ3n) is 5.88. The van der Waals surface area contributed by atoms with Crippen LogP contribution in [0.15, 0.2) is 54.9 Å². The highest BCUT2D eigenvalue weighted by Crippen LogP contribution is 2.35. The van der Waals surface area contributed by atoms with Crippen LogP contribution in [0, 0.1) is 0 Å². The first kappa shape index (κ1) is 24.0. The van der Waals surface area contributed by atoms with Gasteiger partial charge >= 0.3 is 0 Å². The van der Waals surface area contributed by atoms with E-state index in [1.54, 1.807) is 18.2 Å². The van der Waals surface area contributed by atoms with E-state index in [2.05, 4.69) is 20.6 Å². The van der Waals surface area contributed by atoms with Crippen LogP contribution >= 0.6 is 23.2 Å². The molecule has 36 heavy (non-hydrogen) atoms. The van der Waals surface area contributed by atoms with Gasteiger partial charge in [-0.3, -0.25) is 14.2 Å². The van der Waals surface area contributed by atoms with E-state index in [-0.39, 0.29) is 12.5 Å². The molecule has 0 spiro atoms. The number of halogens is 2. The number of hydrogen-bond donors (Lipinski definition) is 3. The number of piperazine rings is 1. The largest absolute Gasteiger partial charge is 0.368 e. The second-order valence-corrected chi connectivity index (χ2v) is 9.04. The number of nitrogens with one attached hydrogen (secondary N) is 2. The van der Waals surface area contributed by atoms with Gasteiger partial charge in [-0.2, -0.15) is 0 Å². The maximum atomic E-state index is 12.9. The van der Waals surface area contributed by atoms with Crippen molar-refractivity contribution in [1.29, 1.82) is 0 Å². The lowest BCUT2D eigenvalue weighted by Crippen LogP contribution is -2.59. The number of nitrogens with zero attached hydrogens (tertiary/aromatic N) is 5. The maximum Gasteiger partial charge on any atom is 0.244 e. The normalized spacial score (nSPS) is 15.7. The van der Waals surface area contributed by atoms with E-state index in [4.69, 9.17) is 33.9 Å². The van der Waals surface area contributed by atoms with Gasteiger partial charge in [0.25, 0.3) is 0 Å². The van der Waals surface area contributed by atoms with Gasteiger partial charge in [0.1, 0.15) is 18.2 Å². The smallest absolute Gasteiger partial charge is 0.244 e. The average molecular weight is 525 g/mol. The fourth-order valence-corrected chi connectivity index (χ4v) is 4.58. The molecule has 1 unspecified atom stereocenters. The van der Waals surface area contributed by atoms with Crippen molar-refractivity contribution in [2.24, 2.45) is 5.73 Å². The summed E-state index contributed by atoms with van der Waals surface area (Å²) in [4.78, 5) is 40.0. The fourth-order valence-electron chi connectivity index (χ4n) is 4.23. The number of anilines is 1. The van der Waals surface area contributed by atoms with Gasteiger partial charge in [0, 0.05) is 35.9 Å². The van der Waals surface area contributed by atoms with Crippen LogP contribution in [-0.4, -0.2) is 63.6 Å². The molecule has 1 atom stereocenters. The number of primary amides is 1. The first-order valence-corrected chi connectivity index (χ1v) is 12.0. The Balaban J connectivity index is 1.68. The van der Waals surface area contributed by atoms with Crippen LogP contribution in [0.1, 0.15) is 0 Å². The summed E-state index contributed by atoms with van der Waals surface area (Å²) in [6.45, 7) is 1.26. The van der Waals surface area contributed by atoms with Crippen LogP contribution in [0.2, 0.25) is 10.0 Å². The maximum absolute atomic E-state index is 12.9. The third kappa shape index (κ3) is 4.58. The summed E-state index contributed by atoms with van der Waals surface area (Å²) < 4.78 is 1.89. The Hall–Kier alpha value is -3.73. The molecule has 0 bridgehead atoms. The van der Waals surface area contributed by atoms with Crippen molar-refractivity contribution in [3.05, 3.63) is 64.9 Å². The minimum atomic E-state index is -0.624. The number of hydrogen-bond acceptors (Lipinski definition) is 7. The summed E-state index contributed by atoms with van der Waals surface area (Å²) in [5.41, 5.74) is 7.77. The van der Waals surface area contributed by atoms with Crippen LogP contribution in [-0.2, 0) is 9.59 Å².